The molecule has 0 aromatic carbocycles. The first-order chi connectivity index (χ1) is 13.3. The van der Waals surface area contributed by atoms with Gasteiger partial charge in [-0.25, -0.2) is 0 Å². The molecule has 1 saturated carbocycles. The summed E-state index contributed by atoms with van der Waals surface area (Å²) in [6.07, 6.45) is 4.13. The highest BCUT2D eigenvalue weighted by Crippen LogP contribution is 2.29. The fourth-order valence-electron chi connectivity index (χ4n) is 3.74. The van der Waals surface area contributed by atoms with E-state index in [9.17, 15) is 18.3 Å². The second-order valence-electron chi connectivity index (χ2n) is 7.58. The largest absolute Gasteiger partial charge is 0.408 e. The Labute approximate surface area is 163 Å². The predicted molar refractivity (Wildman–Crippen MR) is 102 cm³/mol. The van der Waals surface area contributed by atoms with Crippen molar-refractivity contribution >= 4 is 17.5 Å². The first-order valence-corrected chi connectivity index (χ1v) is 10.1. The Morgan fingerprint density at radius 1 is 1.07 bits per heavy atom. The fourth-order valence-corrected chi connectivity index (χ4v) is 3.74. The number of alkyl halides is 3. The van der Waals surface area contributed by atoms with E-state index in [4.69, 9.17) is 0 Å². The van der Waals surface area contributed by atoms with Crippen molar-refractivity contribution in [2.75, 3.05) is 10.6 Å². The summed E-state index contributed by atoms with van der Waals surface area (Å²) in [5, 5.41) is 15.6. The maximum atomic E-state index is 13.2. The number of nitrogens with one attached hydrogen (secondary N) is 2. The van der Waals surface area contributed by atoms with Crippen LogP contribution >= 0.6 is 0 Å². The molecule has 3 rings (SSSR count). The second-order valence-corrected chi connectivity index (χ2v) is 7.58. The van der Waals surface area contributed by atoms with Crippen LogP contribution in [0.1, 0.15) is 70.5 Å². The van der Waals surface area contributed by atoms with E-state index >= 15 is 0 Å². The molecular formula is C19H28F3N5O. The Hall–Kier alpha value is -1.90. The van der Waals surface area contributed by atoms with Crippen molar-refractivity contribution in [1.29, 1.82) is 0 Å². The van der Waals surface area contributed by atoms with Crippen LogP contribution in [0.25, 0.3) is 5.57 Å². The maximum absolute atomic E-state index is 13.2. The van der Waals surface area contributed by atoms with Gasteiger partial charge in [0, 0.05) is 6.04 Å². The Morgan fingerprint density at radius 3 is 2.43 bits per heavy atom. The van der Waals surface area contributed by atoms with Crippen LogP contribution in [0.2, 0.25) is 0 Å². The van der Waals surface area contributed by atoms with Crippen LogP contribution in [0.15, 0.2) is 6.08 Å². The molecule has 9 heteroatoms. The molecule has 0 saturated heterocycles. The molecule has 156 valence electrons. The molecule has 0 spiro atoms. The zero-order valence-electron chi connectivity index (χ0n) is 16.1. The highest BCUT2D eigenvalue weighted by molar-refractivity contribution is 5.63. The van der Waals surface area contributed by atoms with Crippen LogP contribution in [-0.2, 0) is 0 Å². The smallest absolute Gasteiger partial charge is 0.389 e. The molecule has 28 heavy (non-hydrogen) atoms. The lowest BCUT2D eigenvalue weighted by atomic mass is 9.96. The number of aliphatic hydroxyl groups is 1. The van der Waals surface area contributed by atoms with Gasteiger partial charge in [0.05, 0.1) is 6.10 Å². The van der Waals surface area contributed by atoms with Crippen molar-refractivity contribution in [3.8, 4) is 0 Å². The van der Waals surface area contributed by atoms with Crippen molar-refractivity contribution in [1.82, 2.24) is 15.0 Å². The molecule has 0 bridgehead atoms. The number of allylic oxidation sites excluding steroid dienone is 1. The number of halogens is 3. The van der Waals surface area contributed by atoms with E-state index in [-0.39, 0.29) is 24.4 Å². The topological polar surface area (TPSA) is 83.0 Å². The molecular weight excluding hydrogens is 371 g/mol. The van der Waals surface area contributed by atoms with Gasteiger partial charge in [-0.2, -0.15) is 28.1 Å². The standard InChI is InChI=1S/C19H28F3N5O/c1-2-15(19(20,21)22)24-18-26-16(12-7-6-10-14(28)11-12)25-17(27-18)23-13-8-4-3-5-9-13/h11,13-15,28H,2-10H2,1H3,(H2,23,24,25,26,27)/t14?,15-/m1/s1. The summed E-state index contributed by atoms with van der Waals surface area (Å²) in [5.41, 5.74) is 0.746. The van der Waals surface area contributed by atoms with Crippen LogP contribution in [-0.4, -0.2) is 44.4 Å². The molecule has 2 aliphatic rings. The molecule has 2 atom stereocenters. The van der Waals surface area contributed by atoms with E-state index in [0.29, 0.717) is 18.7 Å². The maximum Gasteiger partial charge on any atom is 0.408 e. The predicted octanol–water partition coefficient (Wildman–Crippen LogP) is 4.30. The number of anilines is 2. The van der Waals surface area contributed by atoms with Gasteiger partial charge in [0.15, 0.2) is 5.82 Å². The summed E-state index contributed by atoms with van der Waals surface area (Å²) in [6, 6.07) is -1.51. The van der Waals surface area contributed by atoms with Gasteiger partial charge in [0.1, 0.15) is 6.04 Å². The van der Waals surface area contributed by atoms with E-state index in [1.807, 2.05) is 0 Å². The van der Waals surface area contributed by atoms with Gasteiger partial charge in [0.25, 0.3) is 0 Å². The summed E-state index contributed by atoms with van der Waals surface area (Å²) in [5.74, 6) is 0.525. The normalized spacial score (nSPS) is 22.5. The third-order valence-corrected chi connectivity index (χ3v) is 5.31. The highest BCUT2D eigenvalue weighted by Gasteiger charge is 2.39. The molecule has 1 aromatic rings. The summed E-state index contributed by atoms with van der Waals surface area (Å²) in [4.78, 5) is 12.9. The zero-order chi connectivity index (χ0) is 20.1. The fraction of sp³-hybridized carbons (Fsp3) is 0.737. The molecule has 0 radical (unpaired) electrons. The summed E-state index contributed by atoms with van der Waals surface area (Å²) < 4.78 is 39.6. The molecule has 1 fully saturated rings. The van der Waals surface area contributed by atoms with Crippen LogP contribution in [0.3, 0.4) is 0 Å². The Balaban J connectivity index is 1.88. The quantitative estimate of drug-likeness (QED) is 0.662. The number of hydrogen-bond acceptors (Lipinski definition) is 6. The van der Waals surface area contributed by atoms with Crippen molar-refractivity contribution in [2.24, 2.45) is 0 Å². The number of rotatable bonds is 6. The van der Waals surface area contributed by atoms with Crippen LogP contribution in [0, 0.1) is 0 Å². The van der Waals surface area contributed by atoms with Crippen molar-refractivity contribution in [2.45, 2.75) is 89.1 Å². The van der Waals surface area contributed by atoms with E-state index in [0.717, 1.165) is 37.7 Å². The van der Waals surface area contributed by atoms with Crippen molar-refractivity contribution in [3.63, 3.8) is 0 Å². The molecule has 1 aromatic heterocycles. The third kappa shape index (κ3) is 5.56. The summed E-state index contributed by atoms with van der Waals surface area (Å²) in [7, 11) is 0. The van der Waals surface area contributed by atoms with E-state index < -0.39 is 18.3 Å². The Bertz CT molecular complexity index is 689. The zero-order valence-corrected chi connectivity index (χ0v) is 16.1. The van der Waals surface area contributed by atoms with Gasteiger partial charge in [-0.05, 0) is 50.2 Å². The minimum Gasteiger partial charge on any atom is -0.389 e. The Morgan fingerprint density at radius 2 is 1.79 bits per heavy atom. The number of aromatic nitrogens is 3. The van der Waals surface area contributed by atoms with E-state index in [2.05, 4.69) is 25.6 Å². The summed E-state index contributed by atoms with van der Waals surface area (Å²) in [6.45, 7) is 1.47. The molecule has 0 aliphatic heterocycles. The van der Waals surface area contributed by atoms with Crippen molar-refractivity contribution < 1.29 is 18.3 Å². The Kier molecular flexibility index (Phi) is 6.74. The van der Waals surface area contributed by atoms with Gasteiger partial charge in [0.2, 0.25) is 11.9 Å². The average Bonchev–Trinajstić information content (AvgIpc) is 2.66. The number of nitrogens with zero attached hydrogens (tertiary/aromatic N) is 3. The summed E-state index contributed by atoms with van der Waals surface area (Å²) >= 11 is 0. The van der Waals surface area contributed by atoms with Gasteiger partial charge in [-0.3, -0.25) is 0 Å². The SMILES string of the molecule is CC[C@@H](Nc1nc(NC2CCCCC2)nc(C2=CC(O)CCC2)n1)C(F)(F)F. The lowest BCUT2D eigenvalue weighted by Gasteiger charge is -2.24. The van der Waals surface area contributed by atoms with Crippen LogP contribution in [0.4, 0.5) is 25.1 Å². The molecule has 1 unspecified atom stereocenters. The number of hydrogen-bond donors (Lipinski definition) is 3. The first kappa shape index (κ1) is 20.8. The molecule has 2 aliphatic carbocycles. The van der Waals surface area contributed by atoms with E-state index in [1.165, 1.54) is 13.3 Å². The minimum atomic E-state index is -4.39. The molecule has 0 amide bonds. The molecule has 3 N–H and O–H groups in total. The molecule has 1 heterocycles. The van der Waals surface area contributed by atoms with Gasteiger partial charge < -0.3 is 15.7 Å². The van der Waals surface area contributed by atoms with E-state index in [1.54, 1.807) is 6.08 Å². The van der Waals surface area contributed by atoms with Crippen LogP contribution < -0.4 is 10.6 Å². The average molecular weight is 399 g/mol. The van der Waals surface area contributed by atoms with Gasteiger partial charge >= 0.3 is 6.18 Å². The lowest BCUT2D eigenvalue weighted by Crippen LogP contribution is -2.36. The van der Waals surface area contributed by atoms with Crippen LogP contribution in [0.5, 0.6) is 0 Å². The second kappa shape index (κ2) is 9.07. The first-order valence-electron chi connectivity index (χ1n) is 10.1. The van der Waals surface area contributed by atoms with Gasteiger partial charge in [-0.1, -0.05) is 26.2 Å². The highest BCUT2D eigenvalue weighted by atomic mass is 19.4. The third-order valence-electron chi connectivity index (χ3n) is 5.31. The van der Waals surface area contributed by atoms with Crippen molar-refractivity contribution in [3.05, 3.63) is 11.9 Å². The van der Waals surface area contributed by atoms with Gasteiger partial charge in [-0.15, -0.1) is 0 Å². The minimum absolute atomic E-state index is 0.0894. The lowest BCUT2D eigenvalue weighted by molar-refractivity contribution is -0.143. The molecule has 6 nitrogen and oxygen atoms in total. The monoisotopic (exact) mass is 399 g/mol. The number of aliphatic hydroxyl groups excluding tert-OH is 1.